The van der Waals surface area contributed by atoms with Gasteiger partial charge in [-0.05, 0) is 37.1 Å². The predicted molar refractivity (Wildman–Crippen MR) is 98.2 cm³/mol. The number of rotatable bonds is 4. The van der Waals surface area contributed by atoms with Crippen LogP contribution >= 0.6 is 0 Å². The SMILES string of the molecule is CC1CC(Nc2ccccc2)c2ccoc2N1Cc1ccccc1. The average molecular weight is 318 g/mol. The summed E-state index contributed by atoms with van der Waals surface area (Å²) in [6, 6.07) is 23.8. The molecule has 3 heteroatoms. The van der Waals surface area contributed by atoms with Crippen LogP contribution in [0.4, 0.5) is 11.6 Å². The molecule has 2 heterocycles. The lowest BCUT2D eigenvalue weighted by Crippen LogP contribution is -2.39. The van der Waals surface area contributed by atoms with Crippen molar-refractivity contribution in [2.24, 2.45) is 0 Å². The number of nitrogens with one attached hydrogen (secondary N) is 1. The third kappa shape index (κ3) is 2.90. The molecule has 0 bridgehead atoms. The fourth-order valence-corrected chi connectivity index (χ4v) is 3.49. The van der Waals surface area contributed by atoms with Crippen LogP contribution in [0.5, 0.6) is 0 Å². The highest BCUT2D eigenvalue weighted by molar-refractivity contribution is 5.55. The second kappa shape index (κ2) is 6.44. The Morgan fingerprint density at radius 1 is 1.00 bits per heavy atom. The molecule has 0 spiro atoms. The Morgan fingerprint density at radius 2 is 1.71 bits per heavy atom. The number of para-hydroxylation sites is 1. The van der Waals surface area contributed by atoms with Crippen molar-refractivity contribution in [2.45, 2.75) is 32.0 Å². The molecule has 0 saturated heterocycles. The lowest BCUT2D eigenvalue weighted by Gasteiger charge is -2.38. The Balaban J connectivity index is 1.59. The zero-order valence-electron chi connectivity index (χ0n) is 13.9. The summed E-state index contributed by atoms with van der Waals surface area (Å²) in [7, 11) is 0. The van der Waals surface area contributed by atoms with Crippen molar-refractivity contribution in [3.63, 3.8) is 0 Å². The molecule has 2 unspecified atom stereocenters. The Labute approximate surface area is 142 Å². The Morgan fingerprint density at radius 3 is 2.46 bits per heavy atom. The normalized spacial score (nSPS) is 19.8. The van der Waals surface area contributed by atoms with E-state index in [9.17, 15) is 0 Å². The molecule has 122 valence electrons. The molecule has 3 aromatic rings. The number of nitrogens with zero attached hydrogens (tertiary/aromatic N) is 1. The number of benzene rings is 2. The van der Waals surface area contributed by atoms with Crippen LogP contribution in [-0.2, 0) is 6.54 Å². The van der Waals surface area contributed by atoms with E-state index in [-0.39, 0.29) is 6.04 Å². The first-order valence-corrected chi connectivity index (χ1v) is 8.51. The lowest BCUT2D eigenvalue weighted by atomic mass is 9.95. The first-order valence-electron chi connectivity index (χ1n) is 8.51. The van der Waals surface area contributed by atoms with Gasteiger partial charge in [0.1, 0.15) is 0 Å². The predicted octanol–water partition coefficient (Wildman–Crippen LogP) is 5.23. The number of fused-ring (bicyclic) bond motifs is 1. The van der Waals surface area contributed by atoms with E-state index in [1.165, 1.54) is 11.1 Å². The molecule has 0 fully saturated rings. The van der Waals surface area contributed by atoms with E-state index in [2.05, 4.69) is 77.8 Å². The minimum Gasteiger partial charge on any atom is -0.448 e. The molecule has 3 nitrogen and oxygen atoms in total. The maximum absolute atomic E-state index is 5.87. The summed E-state index contributed by atoms with van der Waals surface area (Å²) < 4.78 is 5.87. The standard InChI is InChI=1S/C21H22N2O/c1-16-14-20(22-18-10-6-3-7-11-18)19-12-13-24-21(19)23(16)15-17-8-4-2-5-9-17/h2-13,16,20,22H,14-15H2,1H3. The number of furan rings is 1. The maximum Gasteiger partial charge on any atom is 0.201 e. The molecule has 24 heavy (non-hydrogen) atoms. The minimum absolute atomic E-state index is 0.281. The van der Waals surface area contributed by atoms with Crippen molar-refractivity contribution >= 4 is 11.6 Å². The van der Waals surface area contributed by atoms with E-state index < -0.39 is 0 Å². The van der Waals surface area contributed by atoms with E-state index in [1.807, 2.05) is 6.07 Å². The van der Waals surface area contributed by atoms with E-state index >= 15 is 0 Å². The van der Waals surface area contributed by atoms with Gasteiger partial charge in [-0.15, -0.1) is 0 Å². The molecular formula is C21H22N2O. The van der Waals surface area contributed by atoms with Crippen LogP contribution in [0.2, 0.25) is 0 Å². The summed E-state index contributed by atoms with van der Waals surface area (Å²) in [5, 5.41) is 3.65. The van der Waals surface area contributed by atoms with Gasteiger partial charge in [0, 0.05) is 23.8 Å². The van der Waals surface area contributed by atoms with Crippen molar-refractivity contribution in [3.05, 3.63) is 84.1 Å². The van der Waals surface area contributed by atoms with E-state index in [0.717, 1.165) is 24.5 Å². The van der Waals surface area contributed by atoms with E-state index in [0.29, 0.717) is 6.04 Å². The summed E-state index contributed by atoms with van der Waals surface area (Å²) in [5.41, 5.74) is 3.70. The zero-order valence-corrected chi connectivity index (χ0v) is 13.9. The van der Waals surface area contributed by atoms with Gasteiger partial charge in [0.25, 0.3) is 0 Å². The van der Waals surface area contributed by atoms with Crippen molar-refractivity contribution in [3.8, 4) is 0 Å². The molecule has 1 aromatic heterocycles. The monoisotopic (exact) mass is 318 g/mol. The summed E-state index contributed by atoms with van der Waals surface area (Å²) in [5.74, 6) is 0.992. The topological polar surface area (TPSA) is 28.4 Å². The van der Waals surface area contributed by atoms with Crippen LogP contribution in [-0.4, -0.2) is 6.04 Å². The number of anilines is 2. The summed E-state index contributed by atoms with van der Waals surface area (Å²) in [4.78, 5) is 2.37. The lowest BCUT2D eigenvalue weighted by molar-refractivity contribution is 0.450. The molecule has 1 N–H and O–H groups in total. The van der Waals surface area contributed by atoms with Gasteiger partial charge in [0.15, 0.2) is 0 Å². The number of hydrogen-bond donors (Lipinski definition) is 1. The van der Waals surface area contributed by atoms with Crippen molar-refractivity contribution < 1.29 is 4.42 Å². The molecule has 0 amide bonds. The van der Waals surface area contributed by atoms with Crippen molar-refractivity contribution in [1.29, 1.82) is 0 Å². The summed E-state index contributed by atoms with van der Waals surface area (Å²) >= 11 is 0. The third-order valence-corrected chi connectivity index (χ3v) is 4.73. The van der Waals surface area contributed by atoms with Gasteiger partial charge in [0.2, 0.25) is 5.88 Å². The first-order chi connectivity index (χ1) is 11.8. The molecular weight excluding hydrogens is 296 g/mol. The molecule has 2 aromatic carbocycles. The highest BCUT2D eigenvalue weighted by Crippen LogP contribution is 2.40. The quantitative estimate of drug-likeness (QED) is 0.714. The zero-order chi connectivity index (χ0) is 16.4. The van der Waals surface area contributed by atoms with Crippen molar-refractivity contribution in [2.75, 3.05) is 10.2 Å². The highest BCUT2D eigenvalue weighted by atomic mass is 16.3. The van der Waals surface area contributed by atoms with Gasteiger partial charge in [-0.1, -0.05) is 48.5 Å². The van der Waals surface area contributed by atoms with Gasteiger partial charge >= 0.3 is 0 Å². The Bertz CT molecular complexity index is 782. The Kier molecular flexibility index (Phi) is 3.99. The number of hydrogen-bond acceptors (Lipinski definition) is 3. The van der Waals surface area contributed by atoms with Crippen LogP contribution in [0.3, 0.4) is 0 Å². The van der Waals surface area contributed by atoms with E-state index in [1.54, 1.807) is 6.26 Å². The maximum atomic E-state index is 5.87. The summed E-state index contributed by atoms with van der Waals surface area (Å²) in [6.45, 7) is 3.15. The van der Waals surface area contributed by atoms with Crippen LogP contribution in [0.15, 0.2) is 77.4 Å². The van der Waals surface area contributed by atoms with Crippen LogP contribution in [0.1, 0.15) is 30.5 Å². The molecule has 1 aliphatic heterocycles. The van der Waals surface area contributed by atoms with Crippen LogP contribution < -0.4 is 10.2 Å². The Hall–Kier alpha value is -2.68. The molecule has 0 aliphatic carbocycles. The second-order valence-corrected chi connectivity index (χ2v) is 6.44. The van der Waals surface area contributed by atoms with Gasteiger partial charge in [-0.3, -0.25) is 0 Å². The fraction of sp³-hybridized carbons (Fsp3) is 0.238. The third-order valence-electron chi connectivity index (χ3n) is 4.73. The molecule has 2 atom stereocenters. The second-order valence-electron chi connectivity index (χ2n) is 6.44. The largest absolute Gasteiger partial charge is 0.448 e. The smallest absolute Gasteiger partial charge is 0.201 e. The molecule has 4 rings (SSSR count). The van der Waals surface area contributed by atoms with Gasteiger partial charge < -0.3 is 14.6 Å². The minimum atomic E-state index is 0.281. The summed E-state index contributed by atoms with van der Waals surface area (Å²) in [6.07, 6.45) is 2.86. The van der Waals surface area contributed by atoms with Gasteiger partial charge in [0.05, 0.1) is 12.3 Å². The first kappa shape index (κ1) is 14.9. The molecule has 1 aliphatic rings. The average Bonchev–Trinajstić information content (AvgIpc) is 3.10. The van der Waals surface area contributed by atoms with Gasteiger partial charge in [-0.25, -0.2) is 0 Å². The molecule has 0 saturated carbocycles. The van der Waals surface area contributed by atoms with Crippen molar-refractivity contribution in [1.82, 2.24) is 0 Å². The molecule has 0 radical (unpaired) electrons. The van der Waals surface area contributed by atoms with E-state index in [4.69, 9.17) is 4.42 Å². The van der Waals surface area contributed by atoms with Crippen LogP contribution in [0, 0.1) is 0 Å². The highest BCUT2D eigenvalue weighted by Gasteiger charge is 2.32. The van der Waals surface area contributed by atoms with Crippen LogP contribution in [0.25, 0.3) is 0 Å². The fourth-order valence-electron chi connectivity index (χ4n) is 3.49. The van der Waals surface area contributed by atoms with Gasteiger partial charge in [-0.2, -0.15) is 0 Å².